The molecule has 2 aromatic heterocycles. The van der Waals surface area contributed by atoms with Gasteiger partial charge in [-0.15, -0.1) is 0 Å². The van der Waals surface area contributed by atoms with Crippen molar-refractivity contribution in [2.75, 3.05) is 13.2 Å². The summed E-state index contributed by atoms with van der Waals surface area (Å²) in [6.45, 7) is 14.3. The summed E-state index contributed by atoms with van der Waals surface area (Å²) >= 11 is 0. The van der Waals surface area contributed by atoms with Crippen molar-refractivity contribution in [3.63, 3.8) is 0 Å². The van der Waals surface area contributed by atoms with Gasteiger partial charge in [-0.2, -0.15) is 0 Å². The average molecular weight is 639 g/mol. The number of fused-ring (bicyclic) bond motifs is 4. The number of benzene rings is 2. The quantitative estimate of drug-likeness (QED) is 0.230. The number of nitrogens with zero attached hydrogens (tertiary/aromatic N) is 4. The monoisotopic (exact) mass is 638 g/mol. The molecule has 6 nitrogen and oxygen atoms in total. The Kier molecular flexibility index (Phi) is 7.39. The first-order valence-electron chi connectivity index (χ1n) is 17.9. The van der Waals surface area contributed by atoms with Gasteiger partial charge in [0.25, 0.3) is 0 Å². The fourth-order valence-electron chi connectivity index (χ4n) is 9.32. The number of aliphatic imine (C=N–C) groups is 1. The third-order valence-electron chi connectivity index (χ3n) is 11.9. The van der Waals surface area contributed by atoms with Crippen molar-refractivity contribution in [1.82, 2.24) is 9.13 Å². The van der Waals surface area contributed by atoms with Crippen LogP contribution in [-0.2, 0) is 31.3 Å². The molecule has 8 rings (SSSR count). The van der Waals surface area contributed by atoms with Crippen LogP contribution in [0.15, 0.2) is 62.9 Å². The van der Waals surface area contributed by atoms with Gasteiger partial charge in [-0.1, -0.05) is 52.0 Å². The second-order valence-electron chi connectivity index (χ2n) is 13.8. The van der Waals surface area contributed by atoms with Crippen molar-refractivity contribution in [1.29, 1.82) is 0 Å². The molecule has 0 unspecified atom stereocenters. The Morgan fingerprint density at radius 3 is 2.27 bits per heavy atom. The van der Waals surface area contributed by atoms with E-state index in [0.29, 0.717) is 19.5 Å². The summed E-state index contributed by atoms with van der Waals surface area (Å²) in [6.07, 6.45) is 11.7. The van der Waals surface area contributed by atoms with Gasteiger partial charge in [-0.25, -0.2) is 4.99 Å². The van der Waals surface area contributed by atoms with Gasteiger partial charge in [0, 0.05) is 40.6 Å². The molecule has 6 heterocycles. The zero-order valence-corrected chi connectivity index (χ0v) is 29.2. The van der Waals surface area contributed by atoms with Crippen LogP contribution in [0, 0.1) is 17.5 Å². The van der Waals surface area contributed by atoms with Crippen LogP contribution >= 0.6 is 0 Å². The Morgan fingerprint density at radius 1 is 0.812 bits per heavy atom. The van der Waals surface area contributed by atoms with Gasteiger partial charge in [-0.3, -0.25) is 4.99 Å². The van der Waals surface area contributed by atoms with Crippen molar-refractivity contribution in [3.8, 4) is 0 Å². The first-order valence-corrected chi connectivity index (χ1v) is 17.9. The standard InChI is InChI=1S/C42H46N4O2/c1-7-27-28(8-2)41-39-31-14-12-11-13-26(31)19-32-40(39)44-38(42(32,9-3)10-4)22-35-25(6)30(16-18-48)37-21-34-29(15-17-47)24(5)33(43-34)20-36(27)46(41)23-45(35)37/h11-14,19-22,47-48H,7-10,15-18,23H2,1-6H3. The second kappa shape index (κ2) is 11.4. The molecule has 0 saturated heterocycles. The van der Waals surface area contributed by atoms with Gasteiger partial charge in [0.15, 0.2) is 0 Å². The number of hydrogen-bond donors (Lipinski definition) is 2. The Morgan fingerprint density at radius 2 is 1.56 bits per heavy atom. The lowest BCUT2D eigenvalue weighted by Crippen LogP contribution is -2.27. The number of aliphatic hydroxyl groups is 2. The third kappa shape index (κ3) is 4.05. The molecule has 4 aliphatic heterocycles. The summed E-state index contributed by atoms with van der Waals surface area (Å²) < 4.78 is 5.02. The summed E-state index contributed by atoms with van der Waals surface area (Å²) in [5.41, 5.74) is 13.6. The van der Waals surface area contributed by atoms with Crippen molar-refractivity contribution in [2.45, 2.75) is 92.2 Å². The zero-order valence-electron chi connectivity index (χ0n) is 29.2. The minimum Gasteiger partial charge on any atom is -0.396 e. The molecule has 4 aliphatic rings. The van der Waals surface area contributed by atoms with Crippen LogP contribution in [0.4, 0.5) is 0 Å². The fourth-order valence-corrected chi connectivity index (χ4v) is 9.32. The Labute approximate surface area is 282 Å². The van der Waals surface area contributed by atoms with E-state index in [1.165, 1.54) is 48.9 Å². The molecule has 48 heavy (non-hydrogen) atoms. The van der Waals surface area contributed by atoms with Crippen LogP contribution in [0.1, 0.15) is 93.1 Å². The summed E-state index contributed by atoms with van der Waals surface area (Å²) in [7, 11) is 0. The number of allylic oxidation sites excluding steroid dienone is 3. The molecule has 2 aromatic carbocycles. The van der Waals surface area contributed by atoms with Crippen LogP contribution < -0.4 is 10.7 Å². The van der Waals surface area contributed by atoms with Gasteiger partial charge in [0.1, 0.15) is 6.67 Å². The minimum atomic E-state index is -0.214. The lowest BCUT2D eigenvalue weighted by molar-refractivity contribution is 0.299. The maximum atomic E-state index is 10.4. The van der Waals surface area contributed by atoms with E-state index in [1.807, 2.05) is 0 Å². The van der Waals surface area contributed by atoms with Gasteiger partial charge < -0.3 is 19.3 Å². The largest absolute Gasteiger partial charge is 0.396 e. The molecule has 0 amide bonds. The molecule has 0 aliphatic carbocycles. The highest BCUT2D eigenvalue weighted by Crippen LogP contribution is 2.45. The summed E-state index contributed by atoms with van der Waals surface area (Å²) in [6, 6.07) is 11.3. The first-order chi connectivity index (χ1) is 23.3. The van der Waals surface area contributed by atoms with Gasteiger partial charge in [0.2, 0.25) is 0 Å². The minimum absolute atomic E-state index is 0.0649. The van der Waals surface area contributed by atoms with Crippen LogP contribution in [0.5, 0.6) is 0 Å². The molecule has 0 spiro atoms. The van der Waals surface area contributed by atoms with Crippen LogP contribution in [0.3, 0.4) is 0 Å². The normalized spacial score (nSPS) is 16.9. The molecule has 4 aromatic rings. The van der Waals surface area contributed by atoms with E-state index in [2.05, 4.69) is 99.2 Å². The smallest absolute Gasteiger partial charge is 0.100 e. The SMILES string of the molecule is CCc1c(CC)c2n3c1=CC1=NC(=Cc4c(CCO)c(C)c(n4C3)C=C3N=c4c(cc5ccccc5c4=2)C3(CC)CC)C(CCO)=C1C. The van der Waals surface area contributed by atoms with E-state index < -0.39 is 0 Å². The Hall–Kier alpha value is -4.26. The van der Waals surface area contributed by atoms with E-state index in [9.17, 15) is 10.2 Å². The third-order valence-corrected chi connectivity index (χ3v) is 11.9. The highest BCUT2D eigenvalue weighted by atomic mass is 16.3. The predicted molar refractivity (Wildman–Crippen MR) is 195 cm³/mol. The summed E-state index contributed by atoms with van der Waals surface area (Å²) in [5.74, 6) is 0. The molecular formula is C42H46N4O2. The first kappa shape index (κ1) is 31.0. The summed E-state index contributed by atoms with van der Waals surface area (Å²) in [4.78, 5) is 11.0. The molecule has 0 radical (unpaired) electrons. The predicted octanol–water partition coefficient (Wildman–Crippen LogP) is 6.54. The van der Waals surface area contributed by atoms with Crippen LogP contribution in [0.2, 0.25) is 0 Å². The van der Waals surface area contributed by atoms with E-state index in [0.717, 1.165) is 76.2 Å². The maximum absolute atomic E-state index is 10.4. The van der Waals surface area contributed by atoms with Crippen LogP contribution in [0.25, 0.3) is 29.0 Å². The van der Waals surface area contributed by atoms with Crippen molar-refractivity contribution >= 4 is 34.7 Å². The molecule has 6 bridgehead atoms. The van der Waals surface area contributed by atoms with Gasteiger partial charge in [-0.05, 0) is 126 Å². The Balaban J connectivity index is 1.72. The lowest BCUT2D eigenvalue weighted by atomic mass is 9.73. The number of aliphatic hydroxyl groups excluding tert-OH is 2. The van der Waals surface area contributed by atoms with Crippen LogP contribution in [-0.4, -0.2) is 38.3 Å². The molecular weight excluding hydrogens is 592 g/mol. The van der Waals surface area contributed by atoms with E-state index in [-0.39, 0.29) is 18.6 Å². The van der Waals surface area contributed by atoms with Crippen molar-refractivity contribution in [2.24, 2.45) is 9.98 Å². The molecule has 0 atom stereocenters. The van der Waals surface area contributed by atoms with Gasteiger partial charge in [0.05, 0.1) is 27.8 Å². The highest BCUT2D eigenvalue weighted by molar-refractivity contribution is 6.23. The van der Waals surface area contributed by atoms with E-state index in [1.54, 1.807) is 0 Å². The fraction of sp³-hybridized carbons (Fsp3) is 0.381. The second-order valence-corrected chi connectivity index (χ2v) is 13.8. The highest BCUT2D eigenvalue weighted by Gasteiger charge is 2.40. The lowest BCUT2D eigenvalue weighted by Gasteiger charge is -2.29. The average Bonchev–Trinajstić information content (AvgIpc) is 3.75. The molecule has 0 saturated carbocycles. The van der Waals surface area contributed by atoms with Crippen molar-refractivity contribution < 1.29 is 10.2 Å². The topological polar surface area (TPSA) is 75.0 Å². The molecule has 2 N–H and O–H groups in total. The van der Waals surface area contributed by atoms with Gasteiger partial charge >= 0.3 is 0 Å². The number of hydrogen-bond acceptors (Lipinski definition) is 4. The molecule has 246 valence electrons. The Bertz CT molecular complexity index is 2410. The van der Waals surface area contributed by atoms with Crippen molar-refractivity contribution in [3.05, 3.63) is 113 Å². The number of aromatic nitrogens is 2. The number of rotatable bonds is 8. The zero-order chi connectivity index (χ0) is 33.5. The molecule has 6 heteroatoms. The molecule has 0 fully saturated rings. The van der Waals surface area contributed by atoms with E-state index in [4.69, 9.17) is 9.98 Å². The maximum Gasteiger partial charge on any atom is 0.100 e. The summed E-state index contributed by atoms with van der Waals surface area (Å²) in [5, 5.41) is 27.8. The van der Waals surface area contributed by atoms with E-state index >= 15 is 0 Å².